The number of carbonyl (C=O) groups is 3. The predicted molar refractivity (Wildman–Crippen MR) is 98.0 cm³/mol. The van der Waals surface area contributed by atoms with E-state index >= 15 is 0 Å². The minimum absolute atomic E-state index is 0.0493. The standard InChI is InChI=1S/C16H25N5O4S/c1-4-25-14(23)7-17-13(22)9-21-6-5-11-12(8-21)26-16(19-11)20-15(24)18-10(2)3/h10H,4-9H2,1-3H3,(H,17,22)(H2,18,19,20,24). The summed E-state index contributed by atoms with van der Waals surface area (Å²) in [5, 5.41) is 8.61. The van der Waals surface area contributed by atoms with Crippen LogP contribution in [-0.4, -0.2) is 60.1 Å². The largest absolute Gasteiger partial charge is 0.465 e. The molecular formula is C16H25N5O4S. The van der Waals surface area contributed by atoms with Crippen molar-refractivity contribution in [3.8, 4) is 0 Å². The molecule has 0 atom stereocenters. The molecule has 0 aliphatic carbocycles. The fraction of sp³-hybridized carbons (Fsp3) is 0.625. The molecule has 9 nitrogen and oxygen atoms in total. The van der Waals surface area contributed by atoms with E-state index in [2.05, 4.69) is 20.9 Å². The first-order valence-electron chi connectivity index (χ1n) is 8.58. The van der Waals surface area contributed by atoms with E-state index in [4.69, 9.17) is 4.74 Å². The lowest BCUT2D eigenvalue weighted by atomic mass is 10.2. The number of anilines is 1. The number of esters is 1. The Labute approximate surface area is 156 Å². The van der Waals surface area contributed by atoms with E-state index in [-0.39, 0.29) is 31.1 Å². The highest BCUT2D eigenvalue weighted by molar-refractivity contribution is 7.15. The molecule has 0 saturated carbocycles. The van der Waals surface area contributed by atoms with Crippen molar-refractivity contribution in [3.05, 3.63) is 10.6 Å². The van der Waals surface area contributed by atoms with E-state index in [1.165, 1.54) is 11.3 Å². The zero-order valence-corrected chi connectivity index (χ0v) is 16.1. The van der Waals surface area contributed by atoms with Gasteiger partial charge in [0.2, 0.25) is 5.91 Å². The van der Waals surface area contributed by atoms with Crippen LogP contribution in [0, 0.1) is 0 Å². The number of amides is 3. The molecule has 10 heteroatoms. The maximum absolute atomic E-state index is 11.9. The van der Waals surface area contributed by atoms with Crippen LogP contribution in [-0.2, 0) is 27.3 Å². The molecule has 2 heterocycles. The Morgan fingerprint density at radius 1 is 1.35 bits per heavy atom. The van der Waals surface area contributed by atoms with Gasteiger partial charge in [-0.1, -0.05) is 0 Å². The minimum Gasteiger partial charge on any atom is -0.465 e. The van der Waals surface area contributed by atoms with E-state index in [0.29, 0.717) is 31.2 Å². The van der Waals surface area contributed by atoms with Gasteiger partial charge < -0.3 is 15.4 Å². The lowest BCUT2D eigenvalue weighted by molar-refractivity contribution is -0.143. The summed E-state index contributed by atoms with van der Waals surface area (Å²) >= 11 is 1.42. The van der Waals surface area contributed by atoms with Crippen molar-refractivity contribution in [2.45, 2.75) is 39.8 Å². The molecule has 0 bridgehead atoms. The van der Waals surface area contributed by atoms with Crippen LogP contribution in [0.3, 0.4) is 0 Å². The maximum atomic E-state index is 11.9. The normalized spacial score (nSPS) is 13.8. The van der Waals surface area contributed by atoms with E-state index in [1.54, 1.807) is 6.92 Å². The Hall–Kier alpha value is -2.20. The molecule has 0 fully saturated rings. The molecule has 0 saturated heterocycles. The van der Waals surface area contributed by atoms with E-state index in [1.807, 2.05) is 18.7 Å². The SMILES string of the molecule is CCOC(=O)CNC(=O)CN1CCc2nc(NC(=O)NC(C)C)sc2C1. The number of aromatic nitrogens is 1. The first-order chi connectivity index (χ1) is 12.4. The van der Waals surface area contributed by atoms with Crippen molar-refractivity contribution in [1.29, 1.82) is 0 Å². The Morgan fingerprint density at radius 3 is 2.81 bits per heavy atom. The van der Waals surface area contributed by atoms with Crippen LogP contribution in [0.15, 0.2) is 0 Å². The number of carbonyl (C=O) groups excluding carboxylic acids is 3. The summed E-state index contributed by atoms with van der Waals surface area (Å²) in [6, 6.07) is -0.227. The average Bonchev–Trinajstić information content (AvgIpc) is 2.93. The van der Waals surface area contributed by atoms with Gasteiger partial charge in [-0.15, -0.1) is 11.3 Å². The van der Waals surface area contributed by atoms with Crippen molar-refractivity contribution in [1.82, 2.24) is 20.5 Å². The predicted octanol–water partition coefficient (Wildman–Crippen LogP) is 0.710. The van der Waals surface area contributed by atoms with Gasteiger partial charge in [0.05, 0.1) is 18.8 Å². The highest BCUT2D eigenvalue weighted by atomic mass is 32.1. The summed E-state index contributed by atoms with van der Waals surface area (Å²) < 4.78 is 4.77. The van der Waals surface area contributed by atoms with Crippen molar-refractivity contribution >= 4 is 34.4 Å². The van der Waals surface area contributed by atoms with Crippen LogP contribution in [0.2, 0.25) is 0 Å². The van der Waals surface area contributed by atoms with E-state index < -0.39 is 5.97 Å². The number of thiazole rings is 1. The molecule has 3 amide bonds. The molecule has 1 aliphatic heterocycles. The molecule has 144 valence electrons. The third-order valence-corrected chi connectivity index (χ3v) is 4.55. The zero-order chi connectivity index (χ0) is 19.1. The number of nitrogens with zero attached hydrogens (tertiary/aromatic N) is 2. The molecule has 0 aromatic carbocycles. The summed E-state index contributed by atoms with van der Waals surface area (Å²) in [5.74, 6) is -0.666. The minimum atomic E-state index is -0.445. The maximum Gasteiger partial charge on any atom is 0.325 e. The highest BCUT2D eigenvalue weighted by Gasteiger charge is 2.23. The second kappa shape index (κ2) is 9.48. The van der Waals surface area contributed by atoms with Gasteiger partial charge in [-0.05, 0) is 20.8 Å². The van der Waals surface area contributed by atoms with Gasteiger partial charge in [-0.3, -0.25) is 19.8 Å². The molecule has 0 radical (unpaired) electrons. The van der Waals surface area contributed by atoms with Gasteiger partial charge >= 0.3 is 12.0 Å². The molecule has 0 unspecified atom stereocenters. The number of hydrogen-bond acceptors (Lipinski definition) is 7. The number of hydrogen-bond donors (Lipinski definition) is 3. The fourth-order valence-corrected chi connectivity index (χ4v) is 3.52. The van der Waals surface area contributed by atoms with Gasteiger partial charge in [0, 0.05) is 30.4 Å². The molecule has 2 rings (SSSR count). The summed E-state index contributed by atoms with van der Waals surface area (Å²) in [5.41, 5.74) is 0.957. The second-order valence-corrected chi connectivity index (χ2v) is 7.27. The zero-order valence-electron chi connectivity index (χ0n) is 15.3. The second-order valence-electron chi connectivity index (χ2n) is 6.18. The fourth-order valence-electron chi connectivity index (χ4n) is 2.47. The number of urea groups is 1. The Kier molecular flexibility index (Phi) is 7.34. The van der Waals surface area contributed by atoms with Crippen molar-refractivity contribution in [3.63, 3.8) is 0 Å². The van der Waals surface area contributed by atoms with Crippen molar-refractivity contribution < 1.29 is 19.1 Å². The third kappa shape index (κ3) is 6.26. The van der Waals surface area contributed by atoms with Crippen LogP contribution in [0.25, 0.3) is 0 Å². The number of nitrogens with one attached hydrogen (secondary N) is 3. The van der Waals surface area contributed by atoms with Gasteiger partial charge in [-0.25, -0.2) is 9.78 Å². The molecular weight excluding hydrogens is 358 g/mol. The van der Waals surface area contributed by atoms with Crippen LogP contribution in [0.5, 0.6) is 0 Å². The molecule has 0 spiro atoms. The number of ether oxygens (including phenoxy) is 1. The molecule has 3 N–H and O–H groups in total. The van der Waals surface area contributed by atoms with Crippen molar-refractivity contribution in [2.24, 2.45) is 0 Å². The quantitative estimate of drug-likeness (QED) is 0.598. The van der Waals surface area contributed by atoms with Gasteiger partial charge in [0.25, 0.3) is 0 Å². The Bertz CT molecular complexity index is 661. The lowest BCUT2D eigenvalue weighted by Gasteiger charge is -2.24. The molecule has 26 heavy (non-hydrogen) atoms. The third-order valence-electron chi connectivity index (χ3n) is 3.55. The number of fused-ring (bicyclic) bond motifs is 1. The summed E-state index contributed by atoms with van der Waals surface area (Å²) in [4.78, 5) is 42.4. The summed E-state index contributed by atoms with van der Waals surface area (Å²) in [6.45, 7) is 7.15. The van der Waals surface area contributed by atoms with Crippen LogP contribution < -0.4 is 16.0 Å². The van der Waals surface area contributed by atoms with E-state index in [9.17, 15) is 14.4 Å². The van der Waals surface area contributed by atoms with E-state index in [0.717, 1.165) is 10.6 Å². The molecule has 1 aromatic heterocycles. The van der Waals surface area contributed by atoms with Crippen LogP contribution in [0.1, 0.15) is 31.3 Å². The van der Waals surface area contributed by atoms with Gasteiger partial charge in [-0.2, -0.15) is 0 Å². The van der Waals surface area contributed by atoms with Crippen LogP contribution in [0.4, 0.5) is 9.93 Å². The first kappa shape index (κ1) is 20.1. The number of rotatable bonds is 7. The van der Waals surface area contributed by atoms with Crippen molar-refractivity contribution in [2.75, 3.05) is 31.6 Å². The smallest absolute Gasteiger partial charge is 0.325 e. The summed E-state index contributed by atoms with van der Waals surface area (Å²) in [6.07, 6.45) is 0.713. The molecule has 1 aliphatic rings. The topological polar surface area (TPSA) is 113 Å². The van der Waals surface area contributed by atoms with Gasteiger partial charge in [0.1, 0.15) is 6.54 Å². The first-order valence-corrected chi connectivity index (χ1v) is 9.39. The monoisotopic (exact) mass is 383 g/mol. The summed E-state index contributed by atoms with van der Waals surface area (Å²) in [7, 11) is 0. The average molecular weight is 383 g/mol. The Morgan fingerprint density at radius 2 is 2.12 bits per heavy atom. The molecule has 1 aromatic rings. The highest BCUT2D eigenvalue weighted by Crippen LogP contribution is 2.28. The Balaban J connectivity index is 1.82. The van der Waals surface area contributed by atoms with Crippen LogP contribution >= 0.6 is 11.3 Å². The van der Waals surface area contributed by atoms with Gasteiger partial charge in [0.15, 0.2) is 5.13 Å². The lowest BCUT2D eigenvalue weighted by Crippen LogP contribution is -2.41.